The number of thioether (sulfide) groups is 1. The van der Waals surface area contributed by atoms with Gasteiger partial charge in [-0.3, -0.25) is 4.79 Å². The summed E-state index contributed by atoms with van der Waals surface area (Å²) in [7, 11) is 1.43. The smallest absolute Gasteiger partial charge is 0.320 e. The van der Waals surface area contributed by atoms with E-state index < -0.39 is 5.92 Å². The number of nitrogens with two attached hydrogens (primary N) is 1. The first-order valence-corrected chi connectivity index (χ1v) is 10.0. The van der Waals surface area contributed by atoms with Crippen molar-refractivity contribution in [3.05, 3.63) is 42.0 Å². The van der Waals surface area contributed by atoms with Crippen molar-refractivity contribution in [3.63, 3.8) is 0 Å². The highest BCUT2D eigenvalue weighted by molar-refractivity contribution is 7.98. The van der Waals surface area contributed by atoms with E-state index in [-0.39, 0.29) is 17.5 Å². The molecule has 2 aromatic carbocycles. The van der Waals surface area contributed by atoms with Crippen LogP contribution in [-0.2, 0) is 9.53 Å². The van der Waals surface area contributed by atoms with Gasteiger partial charge in [-0.25, -0.2) is 4.99 Å². The van der Waals surface area contributed by atoms with Crippen LogP contribution >= 0.6 is 11.8 Å². The van der Waals surface area contributed by atoms with Gasteiger partial charge >= 0.3 is 5.97 Å². The van der Waals surface area contributed by atoms with Crippen molar-refractivity contribution in [2.24, 2.45) is 10.9 Å². The third-order valence-electron chi connectivity index (χ3n) is 4.77. The van der Waals surface area contributed by atoms with Gasteiger partial charge in [0.2, 0.25) is 5.50 Å². The molecule has 1 aliphatic rings. The zero-order valence-corrected chi connectivity index (χ0v) is 16.4. The Labute approximate surface area is 158 Å². The second-order valence-corrected chi connectivity index (χ2v) is 7.20. The minimum absolute atomic E-state index is 0.00866. The third-order valence-corrected chi connectivity index (χ3v) is 5.52. The van der Waals surface area contributed by atoms with Crippen molar-refractivity contribution in [1.29, 1.82) is 0 Å². The predicted molar refractivity (Wildman–Crippen MR) is 106 cm³/mol. The number of aliphatic imine (C=N–C) groups is 1. The second-order valence-electron chi connectivity index (χ2n) is 6.25. The summed E-state index contributed by atoms with van der Waals surface area (Å²) in [5.41, 5.74) is 1.85. The van der Waals surface area contributed by atoms with E-state index in [0.717, 1.165) is 27.8 Å². The first-order valence-electron chi connectivity index (χ1n) is 8.75. The monoisotopic (exact) mass is 373 g/mol. The predicted octanol–water partition coefficient (Wildman–Crippen LogP) is 2.75. The molecule has 3 rings (SSSR count). The van der Waals surface area contributed by atoms with E-state index in [1.807, 2.05) is 38.3 Å². The Morgan fingerprint density at radius 2 is 2.04 bits per heavy atom. The number of hydrogen-bond donors (Lipinski definition) is 1. The minimum atomic E-state index is -0.437. The summed E-state index contributed by atoms with van der Waals surface area (Å²) >= 11 is 1.66. The topological polar surface area (TPSA) is 64.5 Å². The molecule has 0 spiro atoms. The highest BCUT2D eigenvalue weighted by atomic mass is 32.2. The summed E-state index contributed by atoms with van der Waals surface area (Å²) in [6.45, 7) is 4.45. The first kappa shape index (κ1) is 18.7. The van der Waals surface area contributed by atoms with Crippen molar-refractivity contribution >= 4 is 34.2 Å². The first-order chi connectivity index (χ1) is 12.6. The van der Waals surface area contributed by atoms with E-state index in [9.17, 15) is 4.79 Å². The van der Waals surface area contributed by atoms with Gasteiger partial charge in [-0.15, -0.1) is 0 Å². The van der Waals surface area contributed by atoms with Gasteiger partial charge in [-0.2, -0.15) is 0 Å². The normalized spacial score (nSPS) is 22.8. The van der Waals surface area contributed by atoms with Gasteiger partial charge in [0.25, 0.3) is 0 Å². The highest BCUT2D eigenvalue weighted by Crippen LogP contribution is 2.37. The van der Waals surface area contributed by atoms with Crippen LogP contribution in [0, 0.1) is 5.92 Å². The van der Waals surface area contributed by atoms with Gasteiger partial charge in [0, 0.05) is 5.71 Å². The summed E-state index contributed by atoms with van der Waals surface area (Å²) < 4.78 is 11.1. The summed E-state index contributed by atoms with van der Waals surface area (Å²) in [5, 5.41) is 4.37. The molecule has 2 aromatic rings. The van der Waals surface area contributed by atoms with E-state index >= 15 is 0 Å². The molecule has 138 valence electrons. The molecule has 1 aliphatic heterocycles. The lowest BCUT2D eigenvalue weighted by Gasteiger charge is -2.32. The largest absolute Gasteiger partial charge is 0.493 e. The molecule has 0 saturated carbocycles. The maximum absolute atomic E-state index is 12.6. The van der Waals surface area contributed by atoms with Gasteiger partial charge in [0.15, 0.2) is 5.92 Å². The van der Waals surface area contributed by atoms with Crippen LogP contribution in [0.4, 0.5) is 0 Å². The molecular formula is C20H25N2O3S+. The zero-order valence-electron chi connectivity index (χ0n) is 15.6. The number of hydrogen-bond acceptors (Lipinski definition) is 5. The molecular weight excluding hydrogens is 348 g/mol. The minimum Gasteiger partial charge on any atom is -0.493 e. The summed E-state index contributed by atoms with van der Waals surface area (Å²) in [6, 6.07) is 12.1. The molecule has 6 heteroatoms. The number of methoxy groups -OCH3 is 1. The molecule has 0 unspecified atom stereocenters. The van der Waals surface area contributed by atoms with Gasteiger partial charge < -0.3 is 14.8 Å². The Morgan fingerprint density at radius 1 is 1.27 bits per heavy atom. The summed E-state index contributed by atoms with van der Waals surface area (Å²) in [5.74, 6) is 0.117. The lowest BCUT2D eigenvalue weighted by molar-refractivity contribution is -0.712. The van der Waals surface area contributed by atoms with E-state index in [1.54, 1.807) is 11.8 Å². The number of rotatable bonds is 5. The van der Waals surface area contributed by atoms with Crippen LogP contribution in [0.25, 0.3) is 10.8 Å². The Bertz CT molecular complexity index is 837. The zero-order chi connectivity index (χ0) is 18.7. The van der Waals surface area contributed by atoms with Crippen LogP contribution in [0.2, 0.25) is 0 Å². The fraction of sp³-hybridized carbons (Fsp3) is 0.400. The number of quaternary nitrogens is 1. The Morgan fingerprint density at radius 3 is 2.73 bits per heavy atom. The molecule has 2 N–H and O–H groups in total. The van der Waals surface area contributed by atoms with Gasteiger partial charge in [-0.1, -0.05) is 42.1 Å². The van der Waals surface area contributed by atoms with Crippen LogP contribution in [0.1, 0.15) is 25.5 Å². The molecule has 26 heavy (non-hydrogen) atoms. The van der Waals surface area contributed by atoms with Gasteiger partial charge in [-0.05, 0) is 36.9 Å². The molecule has 0 radical (unpaired) electrons. The average Bonchev–Trinajstić information content (AvgIpc) is 2.66. The number of fused-ring (bicyclic) bond motifs is 1. The number of carbonyl (C=O) groups is 1. The number of benzene rings is 2. The number of ether oxygens (including phenoxy) is 2. The highest BCUT2D eigenvalue weighted by Gasteiger charge is 2.43. The number of esters is 1. The van der Waals surface area contributed by atoms with Crippen molar-refractivity contribution < 1.29 is 19.6 Å². The molecule has 0 amide bonds. The fourth-order valence-corrected chi connectivity index (χ4v) is 4.21. The molecule has 0 fully saturated rings. The number of nitrogens with zero attached hydrogens (tertiary/aromatic N) is 1. The molecule has 1 heterocycles. The van der Waals surface area contributed by atoms with Crippen molar-refractivity contribution in [2.75, 3.05) is 20.0 Å². The van der Waals surface area contributed by atoms with Crippen molar-refractivity contribution in [2.45, 2.75) is 25.4 Å². The van der Waals surface area contributed by atoms with Crippen molar-refractivity contribution in [3.8, 4) is 5.75 Å². The van der Waals surface area contributed by atoms with Crippen LogP contribution in [0.3, 0.4) is 0 Å². The molecule has 0 bridgehead atoms. The van der Waals surface area contributed by atoms with Gasteiger partial charge in [0.1, 0.15) is 11.8 Å². The maximum Gasteiger partial charge on any atom is 0.320 e. The molecule has 0 saturated heterocycles. The second kappa shape index (κ2) is 8.10. The SMILES string of the molecule is CCOc1ccc2ccccc2c1[C@H]1[NH2+][C@H](SC)N=C(C)[C@@H]1C(=O)OC. The fourth-order valence-electron chi connectivity index (χ4n) is 3.61. The Hall–Kier alpha value is -2.05. The van der Waals surface area contributed by atoms with E-state index in [0.29, 0.717) is 6.61 Å². The molecule has 0 aliphatic carbocycles. The molecule has 5 nitrogen and oxygen atoms in total. The standard InChI is InChI=1S/C20H24N2O3S/c1-5-25-15-11-10-13-8-6-7-9-14(13)17(15)18-16(19(23)24-3)12(2)21-20(22-18)26-4/h6-11,16,18,20,22H,5H2,1-4H3/p+1/t16-,18-,20+/m0/s1. The average molecular weight is 373 g/mol. The van der Waals surface area contributed by atoms with Crippen LogP contribution in [-0.4, -0.2) is 37.2 Å². The third kappa shape index (κ3) is 3.44. The Kier molecular flexibility index (Phi) is 5.84. The quantitative estimate of drug-likeness (QED) is 0.819. The summed E-state index contributed by atoms with van der Waals surface area (Å²) in [4.78, 5) is 17.3. The van der Waals surface area contributed by atoms with E-state index in [4.69, 9.17) is 9.47 Å². The maximum atomic E-state index is 12.6. The number of carbonyl (C=O) groups excluding carboxylic acids is 1. The molecule has 0 aromatic heterocycles. The van der Waals surface area contributed by atoms with Crippen molar-refractivity contribution in [1.82, 2.24) is 0 Å². The molecule has 3 atom stereocenters. The lowest BCUT2D eigenvalue weighted by atomic mass is 9.85. The van der Waals surface area contributed by atoms with Gasteiger partial charge in [0.05, 0.1) is 19.3 Å². The lowest BCUT2D eigenvalue weighted by Crippen LogP contribution is -2.92. The summed E-state index contributed by atoms with van der Waals surface area (Å²) in [6.07, 6.45) is 2.03. The van der Waals surface area contributed by atoms with E-state index in [2.05, 4.69) is 28.5 Å². The van der Waals surface area contributed by atoms with Crippen LogP contribution < -0.4 is 10.1 Å². The van der Waals surface area contributed by atoms with Crippen LogP contribution in [0.5, 0.6) is 5.75 Å². The Balaban J connectivity index is 2.22. The van der Waals surface area contributed by atoms with Crippen LogP contribution in [0.15, 0.2) is 41.4 Å². The van der Waals surface area contributed by atoms with E-state index in [1.165, 1.54) is 7.11 Å².